The summed E-state index contributed by atoms with van der Waals surface area (Å²) in [5, 5.41) is 11.6. The molecule has 0 spiro atoms. The fourth-order valence-corrected chi connectivity index (χ4v) is 9.01. The Labute approximate surface area is 205 Å². The van der Waals surface area contributed by atoms with Crippen LogP contribution in [0.25, 0.3) is 0 Å². The van der Waals surface area contributed by atoms with Gasteiger partial charge >= 0.3 is 5.97 Å². The van der Waals surface area contributed by atoms with Gasteiger partial charge in [-0.05, 0) is 49.7 Å². The fraction of sp³-hybridized carbons (Fsp3) is 0.720. The Balaban J connectivity index is 1.57. The number of esters is 1. The average molecular weight is 508 g/mol. The lowest BCUT2D eigenvalue weighted by Gasteiger charge is -2.59. The fourth-order valence-electron chi connectivity index (χ4n) is 8.31. The summed E-state index contributed by atoms with van der Waals surface area (Å²) in [4.78, 5) is 43.3. The summed E-state index contributed by atoms with van der Waals surface area (Å²) in [6, 6.07) is 0. The number of allylic oxidation sites excluding steroid dienone is 4. The molecule has 5 aliphatic rings. The molecule has 192 valence electrons. The van der Waals surface area contributed by atoms with E-state index in [0.717, 1.165) is 29.1 Å². The van der Waals surface area contributed by atoms with Crippen molar-refractivity contribution in [1.29, 1.82) is 0 Å². The Morgan fingerprint density at radius 3 is 2.69 bits per heavy atom. The van der Waals surface area contributed by atoms with Crippen molar-refractivity contribution in [2.45, 2.75) is 58.2 Å². The van der Waals surface area contributed by atoms with Crippen LogP contribution in [0.1, 0.15) is 46.5 Å². The summed E-state index contributed by atoms with van der Waals surface area (Å²) >= 11 is 0. The van der Waals surface area contributed by atoms with Gasteiger partial charge in [-0.25, -0.2) is 8.42 Å². The highest BCUT2D eigenvalue weighted by Crippen LogP contribution is 2.70. The molecule has 10 heteroatoms. The quantitative estimate of drug-likeness (QED) is 0.568. The maximum atomic E-state index is 13.7. The van der Waals surface area contributed by atoms with Crippen LogP contribution in [-0.4, -0.2) is 66.6 Å². The number of hydrogen-bond donors (Lipinski definition) is 1. The molecule has 8 atom stereocenters. The van der Waals surface area contributed by atoms with E-state index in [0.29, 0.717) is 6.42 Å². The summed E-state index contributed by atoms with van der Waals surface area (Å²) < 4.78 is 30.7. The van der Waals surface area contributed by atoms with Gasteiger partial charge in [0.05, 0.1) is 12.4 Å². The molecule has 4 fully saturated rings. The maximum absolute atomic E-state index is 13.7. The van der Waals surface area contributed by atoms with Crippen molar-refractivity contribution in [3.63, 3.8) is 0 Å². The zero-order valence-corrected chi connectivity index (χ0v) is 21.3. The smallest absolute Gasteiger partial charge is 0.303 e. The van der Waals surface area contributed by atoms with E-state index in [4.69, 9.17) is 9.57 Å². The predicted octanol–water partition coefficient (Wildman–Crippen LogP) is 1.57. The molecule has 0 aromatic heterocycles. The first kappa shape index (κ1) is 24.8. The second kappa shape index (κ2) is 7.81. The summed E-state index contributed by atoms with van der Waals surface area (Å²) in [6.07, 6.45) is 7.74. The van der Waals surface area contributed by atoms with Gasteiger partial charge < -0.3 is 9.84 Å². The van der Waals surface area contributed by atoms with Crippen LogP contribution in [0.3, 0.4) is 0 Å². The minimum absolute atomic E-state index is 0.00621. The zero-order chi connectivity index (χ0) is 25.6. The minimum atomic E-state index is -3.74. The molecule has 35 heavy (non-hydrogen) atoms. The van der Waals surface area contributed by atoms with Crippen LogP contribution in [0.4, 0.5) is 0 Å². The van der Waals surface area contributed by atoms with Crippen LogP contribution in [0.2, 0.25) is 0 Å². The molecule has 1 heterocycles. The van der Waals surface area contributed by atoms with Crippen molar-refractivity contribution >= 4 is 27.6 Å². The number of rotatable bonds is 4. The molecule has 0 radical (unpaired) electrons. The molecule has 1 N–H and O–H groups in total. The Morgan fingerprint density at radius 1 is 1.31 bits per heavy atom. The molecule has 4 aliphatic carbocycles. The number of carbonyl (C=O) groups excluding carboxylic acids is 3. The second-order valence-electron chi connectivity index (χ2n) is 11.4. The van der Waals surface area contributed by atoms with Crippen molar-refractivity contribution in [2.75, 3.05) is 19.4 Å². The van der Waals surface area contributed by atoms with Crippen molar-refractivity contribution in [3.8, 4) is 0 Å². The number of ether oxygens (including phenoxy) is 1. The SMILES string of the molecule is CC(=O)OCC(=O)[C@@]12ON(S(C)(=O)=O)C[C@@H]1CC1C3CCC4=CC(=O)C=C[C@]4(C)C3[C@@H](O)C[C@@]12C. The van der Waals surface area contributed by atoms with Gasteiger partial charge in [0.1, 0.15) is 0 Å². The van der Waals surface area contributed by atoms with Gasteiger partial charge in [-0.1, -0.05) is 30.0 Å². The molecule has 1 saturated heterocycles. The Hall–Kier alpha value is -1.88. The van der Waals surface area contributed by atoms with Crippen LogP contribution < -0.4 is 0 Å². The first-order valence-corrected chi connectivity index (χ1v) is 14.0. The largest absolute Gasteiger partial charge is 0.458 e. The van der Waals surface area contributed by atoms with Gasteiger partial charge in [0, 0.05) is 36.1 Å². The normalized spacial score (nSPS) is 44.7. The molecule has 0 amide bonds. The molecular weight excluding hydrogens is 474 g/mol. The van der Waals surface area contributed by atoms with E-state index >= 15 is 0 Å². The predicted molar refractivity (Wildman–Crippen MR) is 124 cm³/mol. The van der Waals surface area contributed by atoms with Crippen molar-refractivity contribution < 1.29 is 37.5 Å². The van der Waals surface area contributed by atoms with Gasteiger partial charge in [-0.2, -0.15) is 0 Å². The molecule has 0 aromatic carbocycles. The first-order chi connectivity index (χ1) is 16.2. The number of nitrogens with zero attached hydrogens (tertiary/aromatic N) is 1. The van der Waals surface area contributed by atoms with Gasteiger partial charge in [0.25, 0.3) is 0 Å². The topological polar surface area (TPSA) is 127 Å². The Kier molecular flexibility index (Phi) is 5.53. The van der Waals surface area contributed by atoms with Crippen molar-refractivity contribution in [1.82, 2.24) is 4.47 Å². The summed E-state index contributed by atoms with van der Waals surface area (Å²) in [7, 11) is -3.74. The van der Waals surface area contributed by atoms with Crippen LogP contribution in [-0.2, 0) is 34.0 Å². The second-order valence-corrected chi connectivity index (χ2v) is 13.3. The molecule has 9 nitrogen and oxygen atoms in total. The lowest BCUT2D eigenvalue weighted by Crippen LogP contribution is -2.63. The van der Waals surface area contributed by atoms with Crippen LogP contribution in [0, 0.1) is 34.5 Å². The van der Waals surface area contributed by atoms with Crippen LogP contribution in [0.15, 0.2) is 23.8 Å². The summed E-state index contributed by atoms with van der Waals surface area (Å²) in [5.74, 6) is -1.61. The van der Waals surface area contributed by atoms with E-state index in [2.05, 4.69) is 6.92 Å². The van der Waals surface area contributed by atoms with Crippen molar-refractivity contribution in [2.24, 2.45) is 34.5 Å². The van der Waals surface area contributed by atoms with Crippen molar-refractivity contribution in [3.05, 3.63) is 23.8 Å². The third kappa shape index (κ3) is 3.36. The third-order valence-electron chi connectivity index (χ3n) is 9.65. The highest BCUT2D eigenvalue weighted by molar-refractivity contribution is 7.88. The van der Waals surface area contributed by atoms with Crippen LogP contribution >= 0.6 is 0 Å². The number of Topliss-reactive ketones (excluding diaryl/α,β-unsaturated/α-hetero) is 1. The highest BCUT2D eigenvalue weighted by Gasteiger charge is 2.76. The van der Waals surface area contributed by atoms with E-state index < -0.39 is 56.8 Å². The summed E-state index contributed by atoms with van der Waals surface area (Å²) in [6.45, 7) is 4.74. The number of hydroxylamine groups is 1. The highest BCUT2D eigenvalue weighted by atomic mass is 32.2. The molecule has 1 aliphatic heterocycles. The van der Waals surface area contributed by atoms with E-state index in [1.165, 1.54) is 6.92 Å². The summed E-state index contributed by atoms with van der Waals surface area (Å²) in [5.41, 5.74) is -1.80. The average Bonchev–Trinajstić information content (AvgIpc) is 3.26. The number of aliphatic hydroxyl groups excluding tert-OH is 1. The number of aliphatic hydroxyl groups is 1. The Morgan fingerprint density at radius 2 is 2.03 bits per heavy atom. The first-order valence-electron chi connectivity index (χ1n) is 12.2. The lowest BCUT2D eigenvalue weighted by atomic mass is 9.46. The number of hydrogen-bond acceptors (Lipinski definition) is 8. The van der Waals surface area contributed by atoms with Gasteiger partial charge in [0.2, 0.25) is 15.8 Å². The molecular formula is C25H33NO8S. The number of carbonyl (C=O) groups is 3. The van der Waals surface area contributed by atoms with E-state index in [-0.39, 0.29) is 36.5 Å². The van der Waals surface area contributed by atoms with Crippen LogP contribution in [0.5, 0.6) is 0 Å². The van der Waals surface area contributed by atoms with Gasteiger partial charge in [-0.3, -0.25) is 19.2 Å². The van der Waals surface area contributed by atoms with E-state index in [1.807, 2.05) is 13.0 Å². The van der Waals surface area contributed by atoms with E-state index in [9.17, 15) is 27.9 Å². The van der Waals surface area contributed by atoms with E-state index in [1.54, 1.807) is 12.2 Å². The number of fused-ring (bicyclic) bond motifs is 7. The van der Waals surface area contributed by atoms with Gasteiger partial charge in [0.15, 0.2) is 18.0 Å². The Bertz CT molecular complexity index is 1160. The standard InChI is InChI=1S/C25H33NO8S/c1-14(27)33-13-21(30)25-16(12-26(34-25)35(4,31)32)10-19-18-6-5-15-9-17(28)7-8-23(15,2)22(18)20(29)11-24(19,25)3/h7-9,16,18-20,22,29H,5-6,10-13H2,1-4H3/t16-,18?,19?,20-,22?,23-,24-,25-/m0/s1. The molecule has 0 aromatic rings. The molecule has 5 rings (SSSR count). The molecule has 0 bridgehead atoms. The van der Waals surface area contributed by atoms with Gasteiger partial charge in [-0.15, -0.1) is 0 Å². The number of ketones is 2. The molecule has 3 saturated carbocycles. The minimum Gasteiger partial charge on any atom is -0.458 e. The number of sulfonamides is 1. The third-order valence-corrected chi connectivity index (χ3v) is 10.6. The molecule has 3 unspecified atom stereocenters. The zero-order valence-electron chi connectivity index (χ0n) is 20.5. The lowest BCUT2D eigenvalue weighted by molar-refractivity contribution is -0.225. The monoisotopic (exact) mass is 507 g/mol. The maximum Gasteiger partial charge on any atom is 0.303 e.